The Morgan fingerprint density at radius 1 is 1.09 bits per heavy atom. The van der Waals surface area contributed by atoms with Crippen molar-refractivity contribution in [2.45, 2.75) is 26.3 Å². The lowest BCUT2D eigenvalue weighted by molar-refractivity contribution is -0.140. The maximum absolute atomic E-state index is 13.1. The summed E-state index contributed by atoms with van der Waals surface area (Å²) in [4.78, 5) is 34.1. The van der Waals surface area contributed by atoms with Gasteiger partial charge in [0.1, 0.15) is 5.76 Å². The molecule has 0 spiro atoms. The van der Waals surface area contributed by atoms with Gasteiger partial charge in [-0.05, 0) is 49.6 Å². The summed E-state index contributed by atoms with van der Waals surface area (Å²) in [7, 11) is 0. The van der Waals surface area contributed by atoms with Crippen LogP contribution in [0.2, 0.25) is 0 Å². The highest BCUT2D eigenvalue weighted by atomic mass is 16.5. The number of amides is 1. The lowest BCUT2D eigenvalue weighted by Crippen LogP contribution is -2.38. The molecule has 2 aliphatic rings. The summed E-state index contributed by atoms with van der Waals surface area (Å²) in [6.45, 7) is 8.26. The first kappa shape index (κ1) is 22.2. The average molecular weight is 436 g/mol. The van der Waals surface area contributed by atoms with E-state index in [0.29, 0.717) is 12.1 Å². The molecule has 7 heteroatoms. The molecule has 2 aromatic rings. The molecule has 168 valence electrons. The Morgan fingerprint density at radius 2 is 1.81 bits per heavy atom. The average Bonchev–Trinajstić information content (AvgIpc) is 3.06. The third-order valence-corrected chi connectivity index (χ3v) is 6.19. The Bertz CT molecular complexity index is 1030. The van der Waals surface area contributed by atoms with Crippen molar-refractivity contribution >= 4 is 17.4 Å². The molecule has 0 radical (unpaired) electrons. The number of aromatic nitrogens is 1. The summed E-state index contributed by atoms with van der Waals surface area (Å²) in [6.07, 6.45) is 4.01. The van der Waals surface area contributed by atoms with Crippen molar-refractivity contribution in [2.24, 2.45) is 0 Å². The van der Waals surface area contributed by atoms with Crippen molar-refractivity contribution in [3.05, 3.63) is 70.6 Å². The second-order valence-electron chi connectivity index (χ2n) is 8.40. The van der Waals surface area contributed by atoms with Gasteiger partial charge in [0, 0.05) is 44.1 Å². The molecule has 1 aromatic heterocycles. The Kier molecular flexibility index (Phi) is 6.67. The number of nitrogens with zero attached hydrogens (tertiary/aromatic N) is 3. The highest BCUT2D eigenvalue weighted by Crippen LogP contribution is 2.39. The molecule has 0 unspecified atom stereocenters. The van der Waals surface area contributed by atoms with E-state index in [1.54, 1.807) is 29.4 Å². The highest BCUT2D eigenvalue weighted by Gasteiger charge is 2.45. The van der Waals surface area contributed by atoms with Gasteiger partial charge in [-0.25, -0.2) is 0 Å². The predicted octanol–water partition coefficient (Wildman–Crippen LogP) is 2.84. The number of Topliss-reactive ketones (excluding diaryl/α,β-unsaturated/α-hetero) is 1. The number of likely N-dealkylation sites (tertiary alicyclic amines) is 1. The zero-order chi connectivity index (χ0) is 22.7. The predicted molar refractivity (Wildman–Crippen MR) is 121 cm³/mol. The SMILES string of the molecule is Cc1ccc(C)c(C(O)=C2C(=O)C(=O)N(CCCN3CCOCC3)[C@H]2c2ccncc2)c1. The van der Waals surface area contributed by atoms with Crippen LogP contribution < -0.4 is 0 Å². The second-order valence-corrected chi connectivity index (χ2v) is 8.40. The molecule has 0 aliphatic carbocycles. The maximum atomic E-state index is 13.1. The van der Waals surface area contributed by atoms with Crippen LogP contribution in [0.5, 0.6) is 0 Å². The first-order valence-electron chi connectivity index (χ1n) is 11.0. The first-order valence-corrected chi connectivity index (χ1v) is 11.0. The topological polar surface area (TPSA) is 83.0 Å². The van der Waals surface area contributed by atoms with Gasteiger partial charge < -0.3 is 14.7 Å². The fourth-order valence-corrected chi connectivity index (χ4v) is 4.43. The lowest BCUT2D eigenvalue weighted by Gasteiger charge is -2.29. The van der Waals surface area contributed by atoms with Gasteiger partial charge in [-0.2, -0.15) is 0 Å². The summed E-state index contributed by atoms with van der Waals surface area (Å²) in [6, 6.07) is 8.66. The number of ketones is 1. The van der Waals surface area contributed by atoms with E-state index in [9.17, 15) is 14.7 Å². The van der Waals surface area contributed by atoms with Crippen LogP contribution in [0.25, 0.3) is 5.76 Å². The number of aliphatic hydroxyl groups excluding tert-OH is 1. The summed E-state index contributed by atoms with van der Waals surface area (Å²) < 4.78 is 5.40. The quantitative estimate of drug-likeness (QED) is 0.427. The van der Waals surface area contributed by atoms with E-state index in [-0.39, 0.29) is 11.3 Å². The number of carbonyl (C=O) groups is 2. The second kappa shape index (κ2) is 9.63. The van der Waals surface area contributed by atoms with E-state index in [0.717, 1.165) is 56.0 Å². The molecule has 32 heavy (non-hydrogen) atoms. The third kappa shape index (κ3) is 4.45. The van der Waals surface area contributed by atoms with Gasteiger partial charge in [-0.15, -0.1) is 0 Å². The lowest BCUT2D eigenvalue weighted by atomic mass is 9.93. The zero-order valence-electron chi connectivity index (χ0n) is 18.6. The van der Waals surface area contributed by atoms with E-state index in [1.807, 2.05) is 32.0 Å². The van der Waals surface area contributed by atoms with Gasteiger partial charge in [-0.3, -0.25) is 19.5 Å². The number of hydrogen-bond donors (Lipinski definition) is 1. The van der Waals surface area contributed by atoms with E-state index in [2.05, 4.69) is 9.88 Å². The minimum Gasteiger partial charge on any atom is -0.507 e. The molecule has 7 nitrogen and oxygen atoms in total. The van der Waals surface area contributed by atoms with Crippen molar-refractivity contribution in [1.82, 2.24) is 14.8 Å². The standard InChI is InChI=1S/C25H29N3O4/c1-17-4-5-18(2)20(16-17)23(29)21-22(19-6-8-26-9-7-19)28(25(31)24(21)30)11-3-10-27-12-14-32-15-13-27/h4-9,16,22,29H,3,10-15H2,1-2H3/t22-/m0/s1. The molecule has 4 rings (SSSR count). The van der Waals surface area contributed by atoms with Gasteiger partial charge in [0.05, 0.1) is 24.8 Å². The third-order valence-electron chi connectivity index (χ3n) is 6.19. The van der Waals surface area contributed by atoms with Crippen molar-refractivity contribution in [3.63, 3.8) is 0 Å². The normalized spacial score (nSPS) is 21.3. The van der Waals surface area contributed by atoms with Crippen LogP contribution in [0, 0.1) is 13.8 Å². The molecule has 2 fully saturated rings. The molecule has 1 N–H and O–H groups in total. The monoisotopic (exact) mass is 435 g/mol. The number of hydrogen-bond acceptors (Lipinski definition) is 6. The number of pyridine rings is 1. The molecular formula is C25H29N3O4. The minimum absolute atomic E-state index is 0.123. The van der Waals surface area contributed by atoms with Gasteiger partial charge in [0.2, 0.25) is 0 Å². The van der Waals surface area contributed by atoms with Crippen molar-refractivity contribution in [1.29, 1.82) is 0 Å². The number of benzene rings is 1. The number of morpholine rings is 1. The van der Waals surface area contributed by atoms with Crippen LogP contribution in [-0.4, -0.2) is 71.0 Å². The number of rotatable bonds is 6. The van der Waals surface area contributed by atoms with Gasteiger partial charge in [0.25, 0.3) is 11.7 Å². The van der Waals surface area contributed by atoms with Crippen LogP contribution >= 0.6 is 0 Å². The molecule has 0 saturated carbocycles. The van der Waals surface area contributed by atoms with Crippen LogP contribution in [0.4, 0.5) is 0 Å². The minimum atomic E-state index is -0.642. The van der Waals surface area contributed by atoms with E-state index < -0.39 is 17.7 Å². The van der Waals surface area contributed by atoms with Gasteiger partial charge in [0.15, 0.2) is 0 Å². The van der Waals surface area contributed by atoms with Gasteiger partial charge >= 0.3 is 0 Å². The van der Waals surface area contributed by atoms with Crippen LogP contribution in [0.3, 0.4) is 0 Å². The Balaban J connectivity index is 1.68. The summed E-state index contributed by atoms with van der Waals surface area (Å²) >= 11 is 0. The molecule has 1 aromatic carbocycles. The first-order chi connectivity index (χ1) is 15.5. The summed E-state index contributed by atoms with van der Waals surface area (Å²) in [5.74, 6) is -1.33. The number of aliphatic hydroxyl groups is 1. The van der Waals surface area contributed by atoms with Crippen LogP contribution in [0.15, 0.2) is 48.3 Å². The number of carbonyl (C=O) groups excluding carboxylic acids is 2. The maximum Gasteiger partial charge on any atom is 0.295 e. The number of ether oxygens (including phenoxy) is 1. The molecule has 1 atom stereocenters. The molecule has 1 amide bonds. The van der Waals surface area contributed by atoms with Crippen molar-refractivity contribution in [3.8, 4) is 0 Å². The fraction of sp³-hybridized carbons (Fsp3) is 0.400. The smallest absolute Gasteiger partial charge is 0.295 e. The van der Waals surface area contributed by atoms with E-state index in [1.165, 1.54) is 0 Å². The van der Waals surface area contributed by atoms with Crippen LogP contribution in [0.1, 0.15) is 34.7 Å². The molecule has 0 bridgehead atoms. The van der Waals surface area contributed by atoms with Crippen molar-refractivity contribution in [2.75, 3.05) is 39.4 Å². The summed E-state index contributed by atoms with van der Waals surface area (Å²) in [5.41, 5.74) is 3.30. The van der Waals surface area contributed by atoms with E-state index >= 15 is 0 Å². The molecular weight excluding hydrogens is 406 g/mol. The van der Waals surface area contributed by atoms with E-state index in [4.69, 9.17) is 4.74 Å². The Labute approximate surface area is 188 Å². The molecule has 2 saturated heterocycles. The number of aryl methyl sites for hydroxylation is 2. The van der Waals surface area contributed by atoms with Gasteiger partial charge in [-0.1, -0.05) is 17.7 Å². The van der Waals surface area contributed by atoms with Crippen LogP contribution in [-0.2, 0) is 14.3 Å². The fourth-order valence-electron chi connectivity index (χ4n) is 4.43. The Morgan fingerprint density at radius 3 is 2.53 bits per heavy atom. The Hall–Kier alpha value is -3.03. The zero-order valence-corrected chi connectivity index (χ0v) is 18.6. The highest BCUT2D eigenvalue weighted by molar-refractivity contribution is 6.46. The summed E-state index contributed by atoms with van der Waals surface area (Å²) in [5, 5.41) is 11.2. The molecule has 3 heterocycles. The molecule has 2 aliphatic heterocycles. The van der Waals surface area contributed by atoms with Crippen molar-refractivity contribution < 1.29 is 19.4 Å². The largest absolute Gasteiger partial charge is 0.507 e.